The number of aliphatic hydroxyl groups excluding tert-OH is 1. The third-order valence-corrected chi connectivity index (χ3v) is 6.70. The molecule has 0 unspecified atom stereocenters. The molecule has 54 heavy (non-hydrogen) atoms. The number of primary amides is 1. The number of nitrogens with one attached hydrogen (secondary N) is 5. The summed E-state index contributed by atoms with van der Waals surface area (Å²) >= 11 is 0. The molecule has 0 heterocycles. The number of nitrogens with two attached hydrogens (primary N) is 2. The van der Waals surface area contributed by atoms with Crippen molar-refractivity contribution in [2.75, 3.05) is 20.1 Å². The van der Waals surface area contributed by atoms with E-state index in [1.807, 2.05) is 0 Å². The summed E-state index contributed by atoms with van der Waals surface area (Å²) in [6.45, 7) is 15.7. The average Bonchev–Trinajstić information content (AvgIpc) is 2.97. The van der Waals surface area contributed by atoms with Crippen LogP contribution in [0.3, 0.4) is 0 Å². The van der Waals surface area contributed by atoms with E-state index in [2.05, 4.69) is 26.8 Å². The van der Waals surface area contributed by atoms with Crippen molar-refractivity contribution >= 4 is 47.6 Å². The van der Waals surface area contributed by atoms with Gasteiger partial charge in [-0.3, -0.25) is 39.0 Å². The van der Waals surface area contributed by atoms with Crippen molar-refractivity contribution in [3.63, 3.8) is 0 Å². The molecule has 0 fully saturated rings. The van der Waals surface area contributed by atoms with Crippen LogP contribution in [-0.2, 0) is 47.8 Å². The fourth-order valence-corrected chi connectivity index (χ4v) is 4.41. The van der Waals surface area contributed by atoms with Crippen LogP contribution in [0, 0.1) is 0 Å². The van der Waals surface area contributed by atoms with Crippen molar-refractivity contribution in [2.45, 2.75) is 148 Å². The van der Waals surface area contributed by atoms with Gasteiger partial charge in [0.25, 0.3) is 0 Å². The summed E-state index contributed by atoms with van der Waals surface area (Å²) < 4.78 is 15.6. The number of carbonyl (C=O) groups excluding carboxylic acids is 8. The molecule has 0 aliphatic rings. The topological polar surface area (TPSA) is 300 Å². The van der Waals surface area contributed by atoms with Crippen LogP contribution in [-0.4, -0.2) is 125 Å². The zero-order valence-electron chi connectivity index (χ0n) is 33.4. The smallest absolute Gasteiger partial charge is 0.422 e. The Balaban J connectivity index is 5.58. The Labute approximate surface area is 316 Å². The van der Waals surface area contributed by atoms with Gasteiger partial charge in [-0.05, 0) is 88.5 Å². The third-order valence-electron chi connectivity index (χ3n) is 6.70. The van der Waals surface area contributed by atoms with E-state index in [0.717, 1.165) is 4.90 Å². The van der Waals surface area contributed by atoms with E-state index in [9.17, 15) is 43.5 Å². The number of ether oxygens (including phenoxy) is 3. The number of rotatable bonds is 20. The van der Waals surface area contributed by atoms with E-state index in [0.29, 0.717) is 6.42 Å². The molecule has 0 saturated carbocycles. The molecule has 0 aromatic carbocycles. The Morgan fingerprint density at radius 2 is 1.26 bits per heavy atom. The standard InChI is InChI=1S/C34H62N8O12/c1-19(43)26(40-23(44)18-42(11)30(50)20(35)13-12-16-37-41-31(51)54-34(8,9)10)29(49)39-22(17-25(46)53-33(5,6)7)28(48)38-21(27(36)47)14-15-24(45)52-32(2,3)4/h19-22,26,37,43H,12-18,35H2,1-11H3,(H2,36,47)(H,38,48)(H,39,49)(H,40,44)(H,41,51)/t19-,20+,21-,22+,26+/m1/s1. The van der Waals surface area contributed by atoms with Gasteiger partial charge in [-0.15, -0.1) is 0 Å². The molecule has 20 nitrogen and oxygen atoms in total. The molecule has 0 aliphatic heterocycles. The molecule has 20 heteroatoms. The lowest BCUT2D eigenvalue weighted by atomic mass is 10.1. The van der Waals surface area contributed by atoms with Crippen LogP contribution >= 0.6 is 0 Å². The van der Waals surface area contributed by atoms with Crippen LogP contribution in [0.5, 0.6) is 0 Å². The minimum atomic E-state index is -1.69. The first-order valence-corrected chi connectivity index (χ1v) is 17.5. The van der Waals surface area contributed by atoms with Crippen molar-refractivity contribution in [1.29, 1.82) is 0 Å². The lowest BCUT2D eigenvalue weighted by Crippen LogP contribution is -2.60. The predicted molar refractivity (Wildman–Crippen MR) is 194 cm³/mol. The molecule has 5 atom stereocenters. The Morgan fingerprint density at radius 3 is 1.76 bits per heavy atom. The van der Waals surface area contributed by atoms with Crippen LogP contribution in [0.25, 0.3) is 0 Å². The monoisotopic (exact) mass is 774 g/mol. The molecule has 10 N–H and O–H groups in total. The van der Waals surface area contributed by atoms with E-state index in [-0.39, 0.29) is 25.8 Å². The molecule has 0 aliphatic carbocycles. The van der Waals surface area contributed by atoms with Gasteiger partial charge in [0.05, 0.1) is 25.1 Å². The van der Waals surface area contributed by atoms with Crippen molar-refractivity contribution in [2.24, 2.45) is 11.5 Å². The molecule has 0 aromatic rings. The third kappa shape index (κ3) is 22.5. The van der Waals surface area contributed by atoms with Crippen molar-refractivity contribution in [1.82, 2.24) is 31.7 Å². The molecule has 0 aromatic heterocycles. The first-order chi connectivity index (χ1) is 24.5. The largest absolute Gasteiger partial charge is 0.460 e. The molecular weight excluding hydrogens is 712 g/mol. The molecule has 0 saturated heterocycles. The minimum Gasteiger partial charge on any atom is -0.460 e. The number of hydrogen-bond donors (Lipinski definition) is 8. The van der Waals surface area contributed by atoms with Crippen molar-refractivity contribution < 1.29 is 57.7 Å². The highest BCUT2D eigenvalue weighted by Gasteiger charge is 2.34. The van der Waals surface area contributed by atoms with Gasteiger partial charge in [-0.2, -0.15) is 0 Å². The summed E-state index contributed by atoms with van der Waals surface area (Å²) in [4.78, 5) is 102. The fourth-order valence-electron chi connectivity index (χ4n) is 4.41. The fraction of sp³-hybridized carbons (Fsp3) is 0.765. The summed E-state index contributed by atoms with van der Waals surface area (Å²) in [6, 6.07) is -5.78. The molecule has 6 amide bonds. The maximum Gasteiger partial charge on any atom is 0.422 e. The Kier molecular flexibility index (Phi) is 20.1. The number of likely N-dealkylation sites (N-methyl/N-ethyl adjacent to an activating group) is 1. The number of carbonyl (C=O) groups is 8. The van der Waals surface area contributed by atoms with Gasteiger partial charge in [0.1, 0.15) is 34.9 Å². The molecule has 0 spiro atoms. The average molecular weight is 775 g/mol. The van der Waals surface area contributed by atoms with Gasteiger partial charge in [0, 0.05) is 20.0 Å². The van der Waals surface area contributed by atoms with E-state index >= 15 is 0 Å². The number of amides is 6. The lowest BCUT2D eigenvalue weighted by Gasteiger charge is -2.27. The Hall–Kier alpha value is -4.56. The SMILES string of the molecule is C[C@@H](O)[C@H](NC(=O)CN(C)C(=O)[C@@H](N)CCCNNC(=O)OC(C)(C)C)C(=O)N[C@@H](CC(=O)OC(C)(C)C)C(=O)N[C@H](CCC(=O)OC(C)(C)C)C(N)=O. The van der Waals surface area contributed by atoms with E-state index < -0.39 is 108 Å². The summed E-state index contributed by atoms with van der Waals surface area (Å²) in [5.74, 6) is -6.18. The van der Waals surface area contributed by atoms with Gasteiger partial charge in [-0.25, -0.2) is 10.2 Å². The number of esters is 2. The summed E-state index contributed by atoms with van der Waals surface area (Å²) in [5, 5.41) is 17.3. The zero-order valence-corrected chi connectivity index (χ0v) is 33.4. The second-order valence-electron chi connectivity index (χ2n) is 15.7. The normalized spacial score (nSPS) is 14.5. The highest BCUT2D eigenvalue weighted by Crippen LogP contribution is 2.12. The van der Waals surface area contributed by atoms with Gasteiger partial charge in [-0.1, -0.05) is 0 Å². The van der Waals surface area contributed by atoms with E-state index in [1.165, 1.54) is 14.0 Å². The first kappa shape index (κ1) is 49.4. The molecule has 0 rings (SSSR count). The van der Waals surface area contributed by atoms with Crippen LogP contribution in [0.4, 0.5) is 4.79 Å². The van der Waals surface area contributed by atoms with E-state index in [4.69, 9.17) is 25.7 Å². The maximum absolute atomic E-state index is 13.4. The second kappa shape index (κ2) is 22.0. The van der Waals surface area contributed by atoms with Gasteiger partial charge in [0.15, 0.2) is 0 Å². The van der Waals surface area contributed by atoms with Crippen LogP contribution in [0.1, 0.15) is 101 Å². The number of nitrogens with zero attached hydrogens (tertiary/aromatic N) is 1. The number of hydrogen-bond acceptors (Lipinski definition) is 14. The first-order valence-electron chi connectivity index (χ1n) is 17.5. The van der Waals surface area contributed by atoms with Crippen LogP contribution in [0.15, 0.2) is 0 Å². The predicted octanol–water partition coefficient (Wildman–Crippen LogP) is -1.24. The van der Waals surface area contributed by atoms with Crippen LogP contribution < -0.4 is 38.3 Å². The number of aliphatic hydroxyl groups is 1. The molecular formula is C34H62N8O12. The maximum atomic E-state index is 13.4. The van der Waals surface area contributed by atoms with E-state index in [1.54, 1.807) is 62.3 Å². The summed E-state index contributed by atoms with van der Waals surface area (Å²) in [5.41, 5.74) is 14.0. The quantitative estimate of drug-likeness (QED) is 0.0311. The summed E-state index contributed by atoms with van der Waals surface area (Å²) in [7, 11) is 1.31. The zero-order chi connectivity index (χ0) is 42.2. The van der Waals surface area contributed by atoms with Crippen molar-refractivity contribution in [3.8, 4) is 0 Å². The van der Waals surface area contributed by atoms with Gasteiger partial charge in [0.2, 0.25) is 29.5 Å². The Bertz CT molecular complexity index is 1320. The number of hydrazine groups is 1. The second-order valence-corrected chi connectivity index (χ2v) is 15.7. The highest BCUT2D eigenvalue weighted by molar-refractivity contribution is 5.96. The molecule has 0 radical (unpaired) electrons. The van der Waals surface area contributed by atoms with Crippen molar-refractivity contribution in [3.05, 3.63) is 0 Å². The Morgan fingerprint density at radius 1 is 0.741 bits per heavy atom. The van der Waals surface area contributed by atoms with Gasteiger partial charge >= 0.3 is 18.0 Å². The minimum absolute atomic E-state index is 0.186. The van der Waals surface area contributed by atoms with Crippen LogP contribution in [0.2, 0.25) is 0 Å². The lowest BCUT2D eigenvalue weighted by molar-refractivity contribution is -0.157. The summed E-state index contributed by atoms with van der Waals surface area (Å²) in [6.07, 6.45) is -2.93. The molecule has 0 bridgehead atoms. The molecule has 310 valence electrons. The highest BCUT2D eigenvalue weighted by atomic mass is 16.6. The van der Waals surface area contributed by atoms with Gasteiger partial charge < -0.3 is 51.6 Å².